The van der Waals surface area contributed by atoms with E-state index in [-0.39, 0.29) is 11.0 Å². The van der Waals surface area contributed by atoms with Crippen LogP contribution in [0.25, 0.3) is 10.2 Å². The Morgan fingerprint density at radius 1 is 1.26 bits per heavy atom. The second kappa shape index (κ2) is 6.62. The Bertz CT molecular complexity index is 854. The molecule has 2 N–H and O–H groups in total. The number of anilines is 1. The maximum absolute atomic E-state index is 12.0. The highest BCUT2D eigenvalue weighted by Crippen LogP contribution is 2.30. The molecule has 116 valence electrons. The van der Waals surface area contributed by atoms with Crippen LogP contribution in [0.15, 0.2) is 42.5 Å². The van der Waals surface area contributed by atoms with Crippen molar-refractivity contribution in [1.82, 2.24) is 10.3 Å². The Labute approximate surface area is 147 Å². The van der Waals surface area contributed by atoms with Gasteiger partial charge in [0.2, 0.25) is 0 Å². The van der Waals surface area contributed by atoms with Crippen LogP contribution in [0.5, 0.6) is 0 Å². The summed E-state index contributed by atoms with van der Waals surface area (Å²) in [6.45, 7) is 1.94. The molecule has 0 aliphatic heterocycles. The quantitative estimate of drug-likeness (QED) is 0.665. The largest absolute Gasteiger partial charge is 0.308 e. The number of aryl methyl sites for hydroxylation is 1. The minimum Gasteiger partial charge on any atom is -0.308 e. The molecule has 0 saturated heterocycles. The van der Waals surface area contributed by atoms with Crippen LogP contribution in [0, 0.1) is 6.92 Å². The average molecular weight is 362 g/mol. The minimum atomic E-state index is -0.261. The van der Waals surface area contributed by atoms with Crippen molar-refractivity contribution in [3.8, 4) is 0 Å². The molecule has 0 atom stereocenters. The van der Waals surface area contributed by atoms with Crippen LogP contribution in [0.1, 0.15) is 15.9 Å². The fourth-order valence-corrected chi connectivity index (χ4v) is 3.36. The summed E-state index contributed by atoms with van der Waals surface area (Å²) in [6, 6.07) is 12.7. The lowest BCUT2D eigenvalue weighted by Gasteiger charge is -2.06. The molecule has 1 aromatic heterocycles. The van der Waals surface area contributed by atoms with Gasteiger partial charge in [-0.15, -0.1) is 0 Å². The molecule has 4 nitrogen and oxygen atoms in total. The fraction of sp³-hybridized carbons (Fsp3) is 0.0625. The Kier molecular flexibility index (Phi) is 4.56. The average Bonchev–Trinajstić information content (AvgIpc) is 2.89. The number of aromatic nitrogens is 1. The Morgan fingerprint density at radius 3 is 2.74 bits per heavy atom. The number of hydrogen-bond donors (Lipinski definition) is 2. The minimum absolute atomic E-state index is 0.209. The lowest BCUT2D eigenvalue weighted by molar-refractivity contribution is 0.0978. The monoisotopic (exact) mass is 361 g/mol. The Balaban J connectivity index is 1.72. The zero-order chi connectivity index (χ0) is 16.4. The number of thiocarbonyl (C=S) groups is 1. The number of thiazole rings is 1. The maximum Gasteiger partial charge on any atom is 0.257 e. The first-order valence-corrected chi connectivity index (χ1v) is 8.37. The molecule has 0 aliphatic rings. The van der Waals surface area contributed by atoms with E-state index in [4.69, 9.17) is 23.8 Å². The number of benzene rings is 2. The van der Waals surface area contributed by atoms with E-state index >= 15 is 0 Å². The molecule has 3 aromatic rings. The van der Waals surface area contributed by atoms with Gasteiger partial charge >= 0.3 is 0 Å². The summed E-state index contributed by atoms with van der Waals surface area (Å²) < 4.78 is 1.01. The van der Waals surface area contributed by atoms with E-state index in [1.165, 1.54) is 11.3 Å². The van der Waals surface area contributed by atoms with Gasteiger partial charge in [0.05, 0.1) is 10.2 Å². The van der Waals surface area contributed by atoms with Crippen molar-refractivity contribution < 1.29 is 4.79 Å². The molecular formula is C16H12ClN3OS2. The smallest absolute Gasteiger partial charge is 0.257 e. The van der Waals surface area contributed by atoms with Gasteiger partial charge in [-0.1, -0.05) is 41.1 Å². The maximum atomic E-state index is 12.0. The first kappa shape index (κ1) is 15.9. The predicted octanol–water partition coefficient (Wildman–Crippen LogP) is 4.38. The van der Waals surface area contributed by atoms with Gasteiger partial charge in [-0.3, -0.25) is 10.1 Å². The topological polar surface area (TPSA) is 54.0 Å². The van der Waals surface area contributed by atoms with E-state index in [0.29, 0.717) is 15.7 Å². The SMILES string of the molecule is Cc1cc2sc(NC(=S)NC(=O)c3ccccc3)nc2cc1Cl. The van der Waals surface area contributed by atoms with Crippen LogP contribution < -0.4 is 10.6 Å². The third kappa shape index (κ3) is 3.67. The third-order valence-electron chi connectivity index (χ3n) is 3.15. The number of halogens is 1. The van der Waals surface area contributed by atoms with Crippen LogP contribution in [-0.2, 0) is 0 Å². The number of carbonyl (C=O) groups is 1. The number of carbonyl (C=O) groups excluding carboxylic acids is 1. The van der Waals surface area contributed by atoms with Crippen molar-refractivity contribution in [3.63, 3.8) is 0 Å². The Morgan fingerprint density at radius 2 is 2.00 bits per heavy atom. The van der Waals surface area contributed by atoms with Gasteiger partial charge in [-0.2, -0.15) is 0 Å². The summed E-state index contributed by atoms with van der Waals surface area (Å²) in [5.74, 6) is -0.261. The van der Waals surface area contributed by atoms with Crippen LogP contribution in [0.4, 0.5) is 5.13 Å². The Hall–Kier alpha value is -2.02. The van der Waals surface area contributed by atoms with E-state index < -0.39 is 0 Å². The lowest BCUT2D eigenvalue weighted by Crippen LogP contribution is -2.34. The van der Waals surface area contributed by atoms with Crippen molar-refractivity contribution >= 4 is 61.5 Å². The summed E-state index contributed by atoms with van der Waals surface area (Å²) in [4.78, 5) is 16.5. The normalized spacial score (nSPS) is 10.5. The van der Waals surface area contributed by atoms with E-state index in [0.717, 1.165) is 15.8 Å². The van der Waals surface area contributed by atoms with E-state index in [1.54, 1.807) is 24.3 Å². The lowest BCUT2D eigenvalue weighted by atomic mass is 10.2. The predicted molar refractivity (Wildman–Crippen MR) is 99.5 cm³/mol. The highest BCUT2D eigenvalue weighted by molar-refractivity contribution is 7.80. The molecule has 0 fully saturated rings. The van der Waals surface area contributed by atoms with Crippen LogP contribution in [0.2, 0.25) is 5.02 Å². The van der Waals surface area contributed by atoms with E-state index in [9.17, 15) is 4.79 Å². The van der Waals surface area contributed by atoms with Gasteiger partial charge in [-0.05, 0) is 49.0 Å². The molecule has 0 aliphatic carbocycles. The first-order chi connectivity index (χ1) is 11.0. The van der Waals surface area contributed by atoms with Crippen LogP contribution >= 0.6 is 35.2 Å². The highest BCUT2D eigenvalue weighted by Gasteiger charge is 2.10. The number of rotatable bonds is 2. The molecule has 0 saturated carbocycles. The molecule has 23 heavy (non-hydrogen) atoms. The molecule has 0 bridgehead atoms. The molecule has 1 amide bonds. The molecule has 1 heterocycles. The molecule has 2 aromatic carbocycles. The standard InChI is InChI=1S/C16H12ClN3OS2/c1-9-7-13-12(8-11(9)17)18-16(23-13)20-15(22)19-14(21)10-5-3-2-4-6-10/h2-8H,1H3,(H2,18,19,20,21,22). The number of amides is 1. The van der Waals surface area contributed by atoms with Crippen LogP contribution in [-0.4, -0.2) is 16.0 Å². The highest BCUT2D eigenvalue weighted by atomic mass is 35.5. The summed E-state index contributed by atoms with van der Waals surface area (Å²) in [6.07, 6.45) is 0. The van der Waals surface area contributed by atoms with Gasteiger partial charge in [0.1, 0.15) is 0 Å². The number of nitrogens with zero attached hydrogens (tertiary/aromatic N) is 1. The molecule has 7 heteroatoms. The van der Waals surface area contributed by atoms with Gasteiger partial charge in [0, 0.05) is 10.6 Å². The zero-order valence-electron chi connectivity index (χ0n) is 12.1. The zero-order valence-corrected chi connectivity index (χ0v) is 14.5. The second-order valence-corrected chi connectivity index (χ2v) is 6.71. The molecule has 3 rings (SSSR count). The summed E-state index contributed by atoms with van der Waals surface area (Å²) in [5.41, 5.74) is 2.34. The molecule has 0 spiro atoms. The fourth-order valence-electron chi connectivity index (χ4n) is 2.00. The van der Waals surface area contributed by atoms with E-state index in [1.807, 2.05) is 25.1 Å². The van der Waals surface area contributed by atoms with Gasteiger partial charge in [-0.25, -0.2) is 4.98 Å². The second-order valence-electron chi connectivity index (χ2n) is 4.86. The molecular weight excluding hydrogens is 350 g/mol. The first-order valence-electron chi connectivity index (χ1n) is 6.77. The van der Waals surface area contributed by atoms with Crippen molar-refractivity contribution in [1.29, 1.82) is 0 Å². The van der Waals surface area contributed by atoms with Gasteiger partial charge < -0.3 is 5.32 Å². The van der Waals surface area contributed by atoms with Crippen LogP contribution in [0.3, 0.4) is 0 Å². The van der Waals surface area contributed by atoms with Crippen molar-refractivity contribution in [2.75, 3.05) is 5.32 Å². The van der Waals surface area contributed by atoms with Gasteiger partial charge in [0.15, 0.2) is 10.2 Å². The van der Waals surface area contributed by atoms with E-state index in [2.05, 4.69) is 15.6 Å². The summed E-state index contributed by atoms with van der Waals surface area (Å²) >= 11 is 12.7. The summed E-state index contributed by atoms with van der Waals surface area (Å²) in [7, 11) is 0. The van der Waals surface area contributed by atoms with Gasteiger partial charge in [0.25, 0.3) is 5.91 Å². The summed E-state index contributed by atoms with van der Waals surface area (Å²) in [5, 5.41) is 7.06. The molecule has 0 unspecified atom stereocenters. The van der Waals surface area contributed by atoms with Crippen molar-refractivity contribution in [3.05, 3.63) is 58.6 Å². The number of fused-ring (bicyclic) bond motifs is 1. The third-order valence-corrected chi connectivity index (χ3v) is 4.70. The molecule has 0 radical (unpaired) electrons. The number of hydrogen-bond acceptors (Lipinski definition) is 4. The number of nitrogens with one attached hydrogen (secondary N) is 2. The van der Waals surface area contributed by atoms with Crippen molar-refractivity contribution in [2.45, 2.75) is 6.92 Å². The van der Waals surface area contributed by atoms with Crippen molar-refractivity contribution in [2.24, 2.45) is 0 Å².